The highest BCUT2D eigenvalue weighted by atomic mass is 16.5. The molecule has 0 heterocycles. The van der Waals surface area contributed by atoms with Crippen molar-refractivity contribution in [1.29, 1.82) is 0 Å². The van der Waals surface area contributed by atoms with Gasteiger partial charge in [-0.25, -0.2) is 0 Å². The molecule has 30 heavy (non-hydrogen) atoms. The van der Waals surface area contributed by atoms with Gasteiger partial charge in [-0.15, -0.1) is 0 Å². The third-order valence-electron chi connectivity index (χ3n) is 6.24. The molecule has 1 atom stereocenters. The van der Waals surface area contributed by atoms with Gasteiger partial charge in [-0.2, -0.15) is 0 Å². The van der Waals surface area contributed by atoms with Gasteiger partial charge in [0.05, 0.1) is 0 Å². The fourth-order valence-corrected chi connectivity index (χ4v) is 3.97. The molecule has 0 aromatic heterocycles. The van der Waals surface area contributed by atoms with Crippen molar-refractivity contribution in [2.45, 2.75) is 117 Å². The monoisotopic (exact) mass is 416 g/mol. The van der Waals surface area contributed by atoms with Crippen molar-refractivity contribution in [2.75, 3.05) is 6.61 Å². The zero-order valence-electron chi connectivity index (χ0n) is 20.2. The molecule has 0 N–H and O–H groups in total. The lowest BCUT2D eigenvalue weighted by atomic mass is 9.82. The van der Waals surface area contributed by atoms with Gasteiger partial charge in [-0.05, 0) is 75.2 Å². The minimum Gasteiger partial charge on any atom is -0.461 e. The van der Waals surface area contributed by atoms with E-state index in [1.807, 2.05) is 0 Å². The first-order chi connectivity index (χ1) is 14.6. The van der Waals surface area contributed by atoms with Crippen LogP contribution < -0.4 is 0 Å². The molecule has 0 radical (unpaired) electrons. The van der Waals surface area contributed by atoms with Crippen LogP contribution in [0.5, 0.6) is 0 Å². The van der Waals surface area contributed by atoms with E-state index < -0.39 is 0 Å². The number of carbonyl (C=O) groups excluding carboxylic acids is 1. The Balaban J connectivity index is 1.90. The quantitative estimate of drug-likeness (QED) is 0.135. The highest BCUT2D eigenvalue weighted by Gasteiger charge is 2.17. The smallest absolute Gasteiger partial charge is 0.306 e. The normalized spacial score (nSPS) is 17.2. The van der Waals surface area contributed by atoms with Crippen molar-refractivity contribution in [3.8, 4) is 0 Å². The average Bonchev–Trinajstić information content (AvgIpc) is 2.75. The zero-order chi connectivity index (χ0) is 21.9. The van der Waals surface area contributed by atoms with Gasteiger partial charge in [0.2, 0.25) is 0 Å². The lowest BCUT2D eigenvalue weighted by molar-refractivity contribution is -0.142. The number of carbonyl (C=O) groups is 1. The molecule has 0 fully saturated rings. The summed E-state index contributed by atoms with van der Waals surface area (Å²) >= 11 is 0. The molecule has 0 amide bonds. The molecule has 1 rings (SSSR count). The Hall–Kier alpha value is -1.31. The summed E-state index contributed by atoms with van der Waals surface area (Å²) in [6, 6.07) is 0. The summed E-state index contributed by atoms with van der Waals surface area (Å²) in [6.07, 6.45) is 28.9. The number of rotatable bonds is 17. The molecule has 1 aliphatic rings. The van der Waals surface area contributed by atoms with Crippen molar-refractivity contribution >= 4 is 5.97 Å². The number of hydrogen-bond donors (Lipinski definition) is 0. The highest BCUT2D eigenvalue weighted by Crippen LogP contribution is 2.29. The summed E-state index contributed by atoms with van der Waals surface area (Å²) in [6.45, 7) is 7.37. The van der Waals surface area contributed by atoms with Crippen LogP contribution in [-0.4, -0.2) is 12.6 Å². The van der Waals surface area contributed by atoms with Crippen LogP contribution in [0.1, 0.15) is 117 Å². The molecule has 1 unspecified atom stereocenters. The predicted molar refractivity (Wildman–Crippen MR) is 131 cm³/mol. The maximum Gasteiger partial charge on any atom is 0.306 e. The van der Waals surface area contributed by atoms with Crippen LogP contribution in [0.25, 0.3) is 0 Å². The van der Waals surface area contributed by atoms with Gasteiger partial charge >= 0.3 is 5.97 Å². The Kier molecular flexibility index (Phi) is 16.4. The maximum absolute atomic E-state index is 11.9. The molecule has 0 aromatic rings. The minimum atomic E-state index is -0.0208. The molecule has 0 aromatic carbocycles. The van der Waals surface area contributed by atoms with Crippen molar-refractivity contribution < 1.29 is 9.53 Å². The number of hydrogen-bond acceptors (Lipinski definition) is 2. The maximum atomic E-state index is 11.9. The first-order valence-electron chi connectivity index (χ1n) is 12.8. The van der Waals surface area contributed by atoms with Gasteiger partial charge in [-0.1, -0.05) is 83.3 Å². The van der Waals surface area contributed by atoms with Gasteiger partial charge in [0.25, 0.3) is 0 Å². The molecule has 0 bridgehead atoms. The van der Waals surface area contributed by atoms with Gasteiger partial charge in [0, 0.05) is 6.42 Å². The third kappa shape index (κ3) is 14.6. The van der Waals surface area contributed by atoms with Crippen LogP contribution in [0.2, 0.25) is 0 Å². The van der Waals surface area contributed by atoms with Gasteiger partial charge in [0.1, 0.15) is 6.61 Å². The Morgan fingerprint density at radius 2 is 1.67 bits per heavy atom. The van der Waals surface area contributed by atoms with E-state index in [4.69, 9.17) is 4.74 Å². The number of allylic oxidation sites excluding steroid dienone is 5. The van der Waals surface area contributed by atoms with Gasteiger partial charge < -0.3 is 4.74 Å². The second kappa shape index (κ2) is 18.5. The van der Waals surface area contributed by atoms with Crippen LogP contribution in [0, 0.1) is 11.8 Å². The van der Waals surface area contributed by atoms with Crippen molar-refractivity contribution in [1.82, 2.24) is 0 Å². The van der Waals surface area contributed by atoms with E-state index in [9.17, 15) is 4.79 Å². The first kappa shape index (κ1) is 26.7. The Bertz CT molecular complexity index is 513. The molecule has 0 spiro atoms. The largest absolute Gasteiger partial charge is 0.461 e. The van der Waals surface area contributed by atoms with Crippen molar-refractivity contribution in [2.24, 2.45) is 11.8 Å². The molecule has 0 saturated carbocycles. The van der Waals surface area contributed by atoms with Gasteiger partial charge in [-0.3, -0.25) is 4.79 Å². The third-order valence-corrected chi connectivity index (χ3v) is 6.24. The lowest BCUT2D eigenvalue weighted by Crippen LogP contribution is -2.15. The molecule has 0 saturated heterocycles. The van der Waals surface area contributed by atoms with Crippen LogP contribution in [0.4, 0.5) is 0 Å². The fourth-order valence-electron chi connectivity index (χ4n) is 3.97. The van der Waals surface area contributed by atoms with Crippen molar-refractivity contribution in [3.05, 3.63) is 36.0 Å². The zero-order valence-corrected chi connectivity index (χ0v) is 20.2. The molecule has 172 valence electrons. The van der Waals surface area contributed by atoms with E-state index in [-0.39, 0.29) is 5.97 Å². The molecular weight excluding hydrogens is 368 g/mol. The van der Waals surface area contributed by atoms with Crippen LogP contribution >= 0.6 is 0 Å². The summed E-state index contributed by atoms with van der Waals surface area (Å²) < 4.78 is 5.47. The minimum absolute atomic E-state index is 0.0208. The van der Waals surface area contributed by atoms with E-state index in [1.54, 1.807) is 0 Å². The van der Waals surface area contributed by atoms with Gasteiger partial charge in [0.15, 0.2) is 0 Å². The molecule has 2 heteroatoms. The number of esters is 1. The molecular formula is C28H48O2. The summed E-state index contributed by atoms with van der Waals surface area (Å²) in [5, 5.41) is 0. The SMILES string of the molecule is CCCCCC=CCC=CCCCCCCCC(=O)OCC1=CCC(C(C)C)CC1. The number of ether oxygens (including phenoxy) is 1. The van der Waals surface area contributed by atoms with Crippen LogP contribution in [0.15, 0.2) is 36.0 Å². The average molecular weight is 417 g/mol. The van der Waals surface area contributed by atoms with Crippen LogP contribution in [0.3, 0.4) is 0 Å². The van der Waals surface area contributed by atoms with E-state index in [2.05, 4.69) is 51.2 Å². The van der Waals surface area contributed by atoms with E-state index in [1.165, 1.54) is 63.4 Å². The molecule has 0 aliphatic heterocycles. The molecule has 2 nitrogen and oxygen atoms in total. The molecule has 1 aliphatic carbocycles. The number of unbranched alkanes of at least 4 members (excludes halogenated alkanes) is 8. The Morgan fingerprint density at radius 3 is 2.30 bits per heavy atom. The van der Waals surface area contributed by atoms with E-state index in [0.717, 1.165) is 43.9 Å². The Labute approximate surface area is 187 Å². The second-order valence-electron chi connectivity index (χ2n) is 9.28. The van der Waals surface area contributed by atoms with E-state index in [0.29, 0.717) is 13.0 Å². The Morgan fingerprint density at radius 1 is 1.00 bits per heavy atom. The standard InChI is InChI=1S/C28H48O2/c1-4-5-6-7-8-9-10-11-12-13-14-15-16-17-18-19-28(29)30-24-26-20-22-27(23-21-26)25(2)3/h8-9,11-12,20,25,27H,4-7,10,13-19,21-24H2,1-3H3. The summed E-state index contributed by atoms with van der Waals surface area (Å²) in [5.74, 6) is 1.54. The second-order valence-corrected chi connectivity index (χ2v) is 9.28. The van der Waals surface area contributed by atoms with Crippen molar-refractivity contribution in [3.63, 3.8) is 0 Å². The van der Waals surface area contributed by atoms with E-state index >= 15 is 0 Å². The summed E-state index contributed by atoms with van der Waals surface area (Å²) in [4.78, 5) is 11.9. The fraction of sp³-hybridized carbons (Fsp3) is 0.750. The topological polar surface area (TPSA) is 26.3 Å². The lowest BCUT2D eigenvalue weighted by Gasteiger charge is -2.24. The first-order valence-corrected chi connectivity index (χ1v) is 12.8. The predicted octanol–water partition coefficient (Wildman–Crippen LogP) is 8.73. The highest BCUT2D eigenvalue weighted by molar-refractivity contribution is 5.69. The summed E-state index contributed by atoms with van der Waals surface area (Å²) in [5.41, 5.74) is 1.32. The summed E-state index contributed by atoms with van der Waals surface area (Å²) in [7, 11) is 0. The van der Waals surface area contributed by atoms with Crippen LogP contribution in [-0.2, 0) is 9.53 Å².